The first-order chi connectivity index (χ1) is 14.5. The Morgan fingerprint density at radius 2 is 2.00 bits per heavy atom. The normalized spacial score (nSPS) is 30.8. The van der Waals surface area contributed by atoms with Crippen LogP contribution in [-0.4, -0.2) is 42.0 Å². The summed E-state index contributed by atoms with van der Waals surface area (Å²) in [6, 6.07) is 5.37. The molecule has 2 aliphatic heterocycles. The maximum Gasteiger partial charge on any atom is 0.168 e. The van der Waals surface area contributed by atoms with Gasteiger partial charge in [-0.25, -0.2) is 13.2 Å². The van der Waals surface area contributed by atoms with Crippen molar-refractivity contribution in [1.29, 1.82) is 0 Å². The minimum absolute atomic E-state index is 0.108. The first kappa shape index (κ1) is 19.8. The number of halogens is 3. The molecular formula is C22H25F3N4O. The highest BCUT2D eigenvalue weighted by Gasteiger charge is 2.47. The third-order valence-electron chi connectivity index (χ3n) is 6.92. The van der Waals surface area contributed by atoms with Gasteiger partial charge in [0.25, 0.3) is 0 Å². The van der Waals surface area contributed by atoms with Crippen molar-refractivity contribution in [2.75, 3.05) is 24.7 Å². The van der Waals surface area contributed by atoms with Crippen LogP contribution in [0.3, 0.4) is 0 Å². The number of aromatic nitrogens is 2. The summed E-state index contributed by atoms with van der Waals surface area (Å²) in [5, 5.41) is 8.41. The fourth-order valence-corrected chi connectivity index (χ4v) is 5.54. The fourth-order valence-electron chi connectivity index (χ4n) is 5.54. The van der Waals surface area contributed by atoms with Crippen molar-refractivity contribution in [2.45, 2.75) is 37.8 Å². The summed E-state index contributed by atoms with van der Waals surface area (Å²) < 4.78 is 46.8. The Morgan fingerprint density at radius 3 is 2.73 bits per heavy atom. The first-order valence-electron chi connectivity index (χ1n) is 10.6. The molecule has 0 bridgehead atoms. The summed E-state index contributed by atoms with van der Waals surface area (Å²) in [5.74, 6) is -0.911. The minimum atomic E-state index is -1.24. The molecule has 3 heterocycles. The minimum Gasteiger partial charge on any atom is -0.381 e. The number of fused-ring (bicyclic) bond motifs is 1. The number of anilines is 1. The number of benzene rings is 1. The van der Waals surface area contributed by atoms with E-state index in [-0.39, 0.29) is 17.3 Å². The third-order valence-corrected chi connectivity index (χ3v) is 6.92. The van der Waals surface area contributed by atoms with E-state index in [0.29, 0.717) is 35.7 Å². The average Bonchev–Trinajstić information content (AvgIpc) is 3.43. The molecule has 160 valence electrons. The molecule has 8 heteroatoms. The van der Waals surface area contributed by atoms with Crippen LogP contribution in [0.5, 0.6) is 0 Å². The molecule has 2 N–H and O–H groups in total. The zero-order valence-electron chi connectivity index (χ0n) is 16.6. The lowest BCUT2D eigenvalue weighted by Gasteiger charge is -2.30. The van der Waals surface area contributed by atoms with Crippen LogP contribution >= 0.6 is 0 Å². The molecule has 0 amide bonds. The molecule has 5 rings (SSSR count). The lowest BCUT2D eigenvalue weighted by atomic mass is 9.87. The largest absolute Gasteiger partial charge is 0.381 e. The summed E-state index contributed by atoms with van der Waals surface area (Å²) >= 11 is 0. The molecule has 0 radical (unpaired) electrons. The van der Waals surface area contributed by atoms with E-state index in [9.17, 15) is 13.2 Å². The van der Waals surface area contributed by atoms with Gasteiger partial charge >= 0.3 is 0 Å². The molecule has 3 aliphatic rings. The zero-order chi connectivity index (χ0) is 20.8. The molecule has 0 unspecified atom stereocenters. The van der Waals surface area contributed by atoms with E-state index in [2.05, 4.69) is 15.1 Å². The molecule has 1 aliphatic carbocycles. The van der Waals surface area contributed by atoms with E-state index in [1.807, 2.05) is 0 Å². The van der Waals surface area contributed by atoms with Crippen molar-refractivity contribution in [3.8, 4) is 11.3 Å². The monoisotopic (exact) mass is 418 g/mol. The molecule has 2 aromatic rings. The second kappa shape index (κ2) is 7.81. The van der Waals surface area contributed by atoms with Gasteiger partial charge in [0.15, 0.2) is 17.5 Å². The average molecular weight is 418 g/mol. The number of ether oxygens (including phenoxy) is 1. The molecule has 1 aromatic carbocycles. The summed E-state index contributed by atoms with van der Waals surface area (Å²) in [6.07, 6.45) is 4.13. The smallest absolute Gasteiger partial charge is 0.168 e. The predicted molar refractivity (Wildman–Crippen MR) is 106 cm³/mol. The van der Waals surface area contributed by atoms with Gasteiger partial charge in [0, 0.05) is 43.5 Å². The maximum absolute atomic E-state index is 14.1. The van der Waals surface area contributed by atoms with Crippen LogP contribution in [0.4, 0.5) is 19.0 Å². The third kappa shape index (κ3) is 3.56. The first-order valence-corrected chi connectivity index (χ1v) is 10.6. The van der Waals surface area contributed by atoms with Crippen LogP contribution in [0.25, 0.3) is 11.3 Å². The van der Waals surface area contributed by atoms with Crippen LogP contribution in [0.1, 0.15) is 25.7 Å². The van der Waals surface area contributed by atoms with Gasteiger partial charge in [-0.15, -0.1) is 10.2 Å². The summed E-state index contributed by atoms with van der Waals surface area (Å²) in [6.45, 7) is 2.48. The standard InChI is InChI=1S/C22H25F3N4O/c23-14-7-17(22(25)18(24)8-14)19-1-2-21(28-27-19)29-10-13-6-15(26)9-16(13)20(29)5-12-3-4-30-11-12/h1-2,7-8,12-13,15-16,20H,3-6,9-11,26H2/t12-,13+,15-,16-,20-/m0/s1. The maximum atomic E-state index is 14.1. The molecule has 5 nitrogen and oxygen atoms in total. The highest BCUT2D eigenvalue weighted by Crippen LogP contribution is 2.45. The lowest BCUT2D eigenvalue weighted by Crippen LogP contribution is -2.37. The van der Waals surface area contributed by atoms with Crippen molar-refractivity contribution in [3.05, 3.63) is 41.7 Å². The van der Waals surface area contributed by atoms with E-state index in [0.717, 1.165) is 51.5 Å². The Morgan fingerprint density at radius 1 is 1.13 bits per heavy atom. The van der Waals surface area contributed by atoms with Gasteiger partial charge in [-0.3, -0.25) is 0 Å². The Balaban J connectivity index is 1.41. The Bertz CT molecular complexity index is 919. The van der Waals surface area contributed by atoms with Gasteiger partial charge in [-0.05, 0) is 61.6 Å². The molecule has 1 aromatic heterocycles. The van der Waals surface area contributed by atoms with Crippen LogP contribution in [-0.2, 0) is 4.74 Å². The number of hydrogen-bond acceptors (Lipinski definition) is 5. The van der Waals surface area contributed by atoms with E-state index < -0.39 is 17.5 Å². The van der Waals surface area contributed by atoms with Crippen molar-refractivity contribution >= 4 is 5.82 Å². The molecular weight excluding hydrogens is 393 g/mol. The van der Waals surface area contributed by atoms with E-state index in [1.165, 1.54) is 0 Å². The number of hydrogen-bond donors (Lipinski definition) is 1. The van der Waals surface area contributed by atoms with E-state index in [1.54, 1.807) is 12.1 Å². The van der Waals surface area contributed by atoms with Crippen LogP contribution < -0.4 is 10.6 Å². The Hall–Kier alpha value is -2.19. The van der Waals surface area contributed by atoms with Crippen molar-refractivity contribution in [3.63, 3.8) is 0 Å². The zero-order valence-corrected chi connectivity index (χ0v) is 16.6. The molecule has 0 spiro atoms. The fraction of sp³-hybridized carbons (Fsp3) is 0.545. The molecule has 2 saturated heterocycles. The van der Waals surface area contributed by atoms with Gasteiger partial charge in [-0.1, -0.05) is 0 Å². The van der Waals surface area contributed by atoms with E-state index >= 15 is 0 Å². The quantitative estimate of drug-likeness (QED) is 0.770. The second-order valence-corrected chi connectivity index (χ2v) is 8.87. The molecule has 30 heavy (non-hydrogen) atoms. The van der Waals surface area contributed by atoms with Gasteiger partial charge < -0.3 is 15.4 Å². The van der Waals surface area contributed by atoms with Gasteiger partial charge in [0.2, 0.25) is 0 Å². The highest BCUT2D eigenvalue weighted by atomic mass is 19.2. The van der Waals surface area contributed by atoms with Crippen molar-refractivity contribution in [2.24, 2.45) is 23.5 Å². The second-order valence-electron chi connectivity index (χ2n) is 8.87. The van der Waals surface area contributed by atoms with Gasteiger partial charge in [-0.2, -0.15) is 0 Å². The number of nitrogens with zero attached hydrogens (tertiary/aromatic N) is 3. The van der Waals surface area contributed by atoms with Crippen LogP contribution in [0.15, 0.2) is 24.3 Å². The van der Waals surface area contributed by atoms with Crippen molar-refractivity contribution < 1.29 is 17.9 Å². The number of nitrogens with two attached hydrogens (primary N) is 1. The highest BCUT2D eigenvalue weighted by molar-refractivity contribution is 5.61. The predicted octanol–water partition coefficient (Wildman–Crippen LogP) is 3.53. The molecule has 3 fully saturated rings. The lowest BCUT2D eigenvalue weighted by molar-refractivity contribution is 0.180. The molecule has 5 atom stereocenters. The summed E-state index contributed by atoms with van der Waals surface area (Å²) in [7, 11) is 0. The SMILES string of the molecule is N[C@H]1C[C@@H]2CN(c3ccc(-c4cc(F)cc(F)c4F)nn3)[C@@H](C[C@@H]3CCOC3)[C@H]2C1. The van der Waals surface area contributed by atoms with Crippen LogP contribution in [0.2, 0.25) is 0 Å². The Kier molecular flexibility index (Phi) is 5.14. The summed E-state index contributed by atoms with van der Waals surface area (Å²) in [5.41, 5.74) is 6.12. The van der Waals surface area contributed by atoms with Gasteiger partial charge in [0.05, 0.1) is 5.69 Å². The van der Waals surface area contributed by atoms with Crippen molar-refractivity contribution in [1.82, 2.24) is 10.2 Å². The summed E-state index contributed by atoms with van der Waals surface area (Å²) in [4.78, 5) is 2.29. The molecule has 1 saturated carbocycles. The van der Waals surface area contributed by atoms with Gasteiger partial charge in [0.1, 0.15) is 5.82 Å². The van der Waals surface area contributed by atoms with Crippen LogP contribution in [0, 0.1) is 35.2 Å². The topological polar surface area (TPSA) is 64.3 Å². The van der Waals surface area contributed by atoms with E-state index in [4.69, 9.17) is 10.5 Å². The number of rotatable bonds is 4. The Labute approximate surface area is 173 Å².